The third-order valence-corrected chi connectivity index (χ3v) is 3.39. The second kappa shape index (κ2) is 7.96. The molecule has 0 radical (unpaired) electrons. The van der Waals surface area contributed by atoms with Gasteiger partial charge in [0.05, 0.1) is 7.11 Å². The van der Waals surface area contributed by atoms with Gasteiger partial charge in [0.1, 0.15) is 5.75 Å². The molecule has 17 heavy (non-hydrogen) atoms. The van der Waals surface area contributed by atoms with Gasteiger partial charge in [0.15, 0.2) is 0 Å². The highest BCUT2D eigenvalue weighted by atomic mass is 79.9. The summed E-state index contributed by atoms with van der Waals surface area (Å²) >= 11 is 9.61. The van der Waals surface area contributed by atoms with Gasteiger partial charge in [-0.3, -0.25) is 0 Å². The van der Waals surface area contributed by atoms with Gasteiger partial charge in [0, 0.05) is 28.5 Å². The van der Waals surface area contributed by atoms with E-state index in [1.807, 2.05) is 12.1 Å². The Morgan fingerprint density at radius 2 is 2.24 bits per heavy atom. The molecule has 0 aliphatic heterocycles. The average molecular weight is 321 g/mol. The Balaban J connectivity index is 2.48. The van der Waals surface area contributed by atoms with E-state index in [0.717, 1.165) is 41.7 Å². The van der Waals surface area contributed by atoms with Crippen molar-refractivity contribution in [1.82, 2.24) is 5.32 Å². The van der Waals surface area contributed by atoms with Crippen LogP contribution in [0.15, 0.2) is 22.7 Å². The molecule has 1 rings (SSSR count). The fourth-order valence-electron chi connectivity index (χ4n) is 1.66. The molecule has 0 amide bonds. The molecule has 2 nitrogen and oxygen atoms in total. The van der Waals surface area contributed by atoms with Crippen LogP contribution in [0.4, 0.5) is 0 Å². The molecule has 1 atom stereocenters. The van der Waals surface area contributed by atoms with Crippen molar-refractivity contribution in [2.24, 2.45) is 0 Å². The monoisotopic (exact) mass is 319 g/mol. The van der Waals surface area contributed by atoms with E-state index in [2.05, 4.69) is 34.2 Å². The summed E-state index contributed by atoms with van der Waals surface area (Å²) in [7, 11) is 1.69. The molecule has 1 unspecified atom stereocenters. The SMILES string of the molecule is CCCC(Cl)CNCc1cc(Br)ccc1OC. The molecule has 1 N–H and O–H groups in total. The lowest BCUT2D eigenvalue weighted by atomic mass is 10.2. The molecule has 0 saturated heterocycles. The van der Waals surface area contributed by atoms with E-state index in [0.29, 0.717) is 0 Å². The predicted molar refractivity (Wildman–Crippen MR) is 76.9 cm³/mol. The summed E-state index contributed by atoms with van der Waals surface area (Å²) in [4.78, 5) is 0. The lowest BCUT2D eigenvalue weighted by molar-refractivity contribution is 0.407. The highest BCUT2D eigenvalue weighted by Crippen LogP contribution is 2.22. The zero-order chi connectivity index (χ0) is 12.7. The van der Waals surface area contributed by atoms with Crippen LogP contribution >= 0.6 is 27.5 Å². The normalized spacial score (nSPS) is 12.5. The molecule has 0 bridgehead atoms. The lowest BCUT2D eigenvalue weighted by Crippen LogP contribution is -2.23. The number of hydrogen-bond donors (Lipinski definition) is 1. The standard InChI is InChI=1S/C13H19BrClNO/c1-3-4-12(15)9-16-8-10-7-11(14)5-6-13(10)17-2/h5-7,12,16H,3-4,8-9H2,1-2H3. The van der Waals surface area contributed by atoms with Crippen molar-refractivity contribution in [1.29, 1.82) is 0 Å². The van der Waals surface area contributed by atoms with Crippen LogP contribution in [0.5, 0.6) is 5.75 Å². The summed E-state index contributed by atoms with van der Waals surface area (Å²) < 4.78 is 6.37. The summed E-state index contributed by atoms with van der Waals surface area (Å²) in [5, 5.41) is 3.56. The van der Waals surface area contributed by atoms with Crippen LogP contribution in [0.25, 0.3) is 0 Å². The number of ether oxygens (including phenoxy) is 1. The summed E-state index contributed by atoms with van der Waals surface area (Å²) in [6, 6.07) is 6.00. The first-order valence-corrected chi connectivity index (χ1v) is 7.07. The minimum absolute atomic E-state index is 0.207. The minimum Gasteiger partial charge on any atom is -0.496 e. The van der Waals surface area contributed by atoms with Crippen LogP contribution in [-0.4, -0.2) is 19.0 Å². The molecule has 0 aliphatic rings. The first kappa shape index (κ1) is 14.8. The van der Waals surface area contributed by atoms with Crippen LogP contribution in [0.2, 0.25) is 0 Å². The van der Waals surface area contributed by atoms with Gasteiger partial charge in [-0.1, -0.05) is 29.3 Å². The van der Waals surface area contributed by atoms with Gasteiger partial charge in [-0.25, -0.2) is 0 Å². The van der Waals surface area contributed by atoms with Crippen molar-refractivity contribution in [2.75, 3.05) is 13.7 Å². The Morgan fingerprint density at radius 3 is 2.88 bits per heavy atom. The Bertz CT molecular complexity index is 346. The van der Waals surface area contributed by atoms with Gasteiger partial charge in [0.2, 0.25) is 0 Å². The van der Waals surface area contributed by atoms with Gasteiger partial charge in [-0.05, 0) is 24.6 Å². The lowest BCUT2D eigenvalue weighted by Gasteiger charge is -2.12. The van der Waals surface area contributed by atoms with Crippen LogP contribution in [0.1, 0.15) is 25.3 Å². The fraction of sp³-hybridized carbons (Fsp3) is 0.538. The molecule has 0 heterocycles. The molecule has 1 aromatic carbocycles. The maximum Gasteiger partial charge on any atom is 0.123 e. The van der Waals surface area contributed by atoms with Crippen LogP contribution in [0.3, 0.4) is 0 Å². The summed E-state index contributed by atoms with van der Waals surface area (Å²) in [5.41, 5.74) is 1.14. The zero-order valence-corrected chi connectivity index (χ0v) is 12.6. The van der Waals surface area contributed by atoms with Crippen LogP contribution in [0, 0.1) is 0 Å². The maximum absolute atomic E-state index is 6.15. The summed E-state index contributed by atoms with van der Waals surface area (Å²) in [5.74, 6) is 0.905. The van der Waals surface area contributed by atoms with E-state index in [-0.39, 0.29) is 5.38 Å². The maximum atomic E-state index is 6.15. The number of alkyl halides is 1. The number of rotatable bonds is 7. The number of benzene rings is 1. The average Bonchev–Trinajstić information content (AvgIpc) is 2.30. The van der Waals surface area contributed by atoms with Crippen molar-refractivity contribution < 1.29 is 4.74 Å². The smallest absolute Gasteiger partial charge is 0.123 e. The molecule has 0 aromatic heterocycles. The highest BCUT2D eigenvalue weighted by molar-refractivity contribution is 9.10. The Labute approximate surface area is 117 Å². The summed E-state index contributed by atoms with van der Waals surface area (Å²) in [6.45, 7) is 3.74. The van der Waals surface area contributed by atoms with Crippen molar-refractivity contribution in [3.05, 3.63) is 28.2 Å². The predicted octanol–water partition coefficient (Wildman–Crippen LogP) is 3.95. The van der Waals surface area contributed by atoms with Gasteiger partial charge < -0.3 is 10.1 Å². The van der Waals surface area contributed by atoms with E-state index in [4.69, 9.17) is 16.3 Å². The first-order valence-electron chi connectivity index (χ1n) is 5.84. The zero-order valence-electron chi connectivity index (χ0n) is 10.3. The van der Waals surface area contributed by atoms with Gasteiger partial charge in [-0.2, -0.15) is 0 Å². The van der Waals surface area contributed by atoms with Crippen molar-refractivity contribution in [2.45, 2.75) is 31.7 Å². The Morgan fingerprint density at radius 1 is 1.47 bits per heavy atom. The number of halogens is 2. The van der Waals surface area contributed by atoms with Gasteiger partial charge in [-0.15, -0.1) is 11.6 Å². The third kappa shape index (κ3) is 5.28. The Kier molecular flexibility index (Phi) is 6.93. The third-order valence-electron chi connectivity index (χ3n) is 2.53. The molecule has 0 aliphatic carbocycles. The van der Waals surface area contributed by atoms with Gasteiger partial charge >= 0.3 is 0 Å². The molecular formula is C13H19BrClNO. The van der Waals surface area contributed by atoms with Crippen LogP contribution in [-0.2, 0) is 6.54 Å². The number of hydrogen-bond acceptors (Lipinski definition) is 2. The van der Waals surface area contributed by atoms with Crippen molar-refractivity contribution >= 4 is 27.5 Å². The largest absolute Gasteiger partial charge is 0.496 e. The second-order valence-electron chi connectivity index (χ2n) is 3.97. The molecule has 0 fully saturated rings. The van der Waals surface area contributed by atoms with E-state index >= 15 is 0 Å². The highest BCUT2D eigenvalue weighted by Gasteiger charge is 2.05. The molecule has 0 spiro atoms. The van der Waals surface area contributed by atoms with Crippen molar-refractivity contribution in [3.8, 4) is 5.75 Å². The molecule has 1 aromatic rings. The minimum atomic E-state index is 0.207. The quantitative estimate of drug-likeness (QED) is 0.768. The molecule has 0 saturated carbocycles. The van der Waals surface area contributed by atoms with Crippen LogP contribution < -0.4 is 10.1 Å². The van der Waals surface area contributed by atoms with Gasteiger partial charge in [0.25, 0.3) is 0 Å². The topological polar surface area (TPSA) is 21.3 Å². The molecular weight excluding hydrogens is 302 g/mol. The van der Waals surface area contributed by atoms with Crippen molar-refractivity contribution in [3.63, 3.8) is 0 Å². The second-order valence-corrected chi connectivity index (χ2v) is 5.51. The molecule has 96 valence electrons. The number of nitrogens with one attached hydrogen (secondary N) is 1. The number of methoxy groups -OCH3 is 1. The first-order chi connectivity index (χ1) is 8.17. The van der Waals surface area contributed by atoms with E-state index < -0.39 is 0 Å². The Hall–Kier alpha value is -0.250. The van der Waals surface area contributed by atoms with E-state index in [1.165, 1.54) is 0 Å². The fourth-order valence-corrected chi connectivity index (χ4v) is 2.40. The van der Waals surface area contributed by atoms with E-state index in [9.17, 15) is 0 Å². The molecule has 4 heteroatoms. The summed E-state index contributed by atoms with van der Waals surface area (Å²) in [6.07, 6.45) is 2.17. The van der Waals surface area contributed by atoms with E-state index in [1.54, 1.807) is 7.11 Å².